The molecular weight excluding hydrogens is 379 g/mol. The molecule has 1 fully saturated rings. The van der Waals surface area contributed by atoms with E-state index in [2.05, 4.69) is 14.9 Å². The topological polar surface area (TPSA) is 58.6 Å². The number of aromatic nitrogens is 2. The van der Waals surface area contributed by atoms with Crippen LogP contribution in [0.1, 0.15) is 17.0 Å². The van der Waals surface area contributed by atoms with Gasteiger partial charge in [0.15, 0.2) is 16.7 Å². The van der Waals surface area contributed by atoms with Crippen molar-refractivity contribution in [3.05, 3.63) is 47.0 Å². The Morgan fingerprint density at radius 2 is 1.82 bits per heavy atom. The number of amides is 1. The van der Waals surface area contributed by atoms with Crippen LogP contribution in [0.2, 0.25) is 0 Å². The maximum atomic E-state index is 13.8. The zero-order chi connectivity index (χ0) is 20.1. The van der Waals surface area contributed by atoms with Crippen molar-refractivity contribution in [2.75, 3.05) is 39.0 Å². The number of halogens is 1. The molecule has 1 aromatic heterocycles. The minimum absolute atomic E-state index is 0.0999. The van der Waals surface area contributed by atoms with Gasteiger partial charge in [-0.25, -0.2) is 14.4 Å². The number of thioether (sulfide) groups is 1. The summed E-state index contributed by atoms with van der Waals surface area (Å²) in [5, 5.41) is 0.644. The monoisotopic (exact) mass is 404 g/mol. The second-order valence-electron chi connectivity index (χ2n) is 6.85. The molecule has 2 aromatic rings. The zero-order valence-electron chi connectivity index (χ0n) is 16.4. The van der Waals surface area contributed by atoms with E-state index in [1.807, 2.05) is 30.9 Å². The lowest BCUT2D eigenvalue weighted by Crippen LogP contribution is -2.48. The van der Waals surface area contributed by atoms with Crippen LogP contribution in [-0.4, -0.2) is 64.7 Å². The maximum absolute atomic E-state index is 13.8. The van der Waals surface area contributed by atoms with Gasteiger partial charge in [-0.2, -0.15) is 0 Å². The summed E-state index contributed by atoms with van der Waals surface area (Å²) in [6.45, 7) is 7.39. The van der Waals surface area contributed by atoms with Gasteiger partial charge in [0.2, 0.25) is 5.91 Å². The Labute approximate surface area is 169 Å². The van der Waals surface area contributed by atoms with Gasteiger partial charge >= 0.3 is 0 Å². The molecule has 0 spiro atoms. The van der Waals surface area contributed by atoms with Crippen LogP contribution in [0.3, 0.4) is 0 Å². The first-order valence-electron chi connectivity index (χ1n) is 9.22. The van der Waals surface area contributed by atoms with Gasteiger partial charge in [0.1, 0.15) is 0 Å². The van der Waals surface area contributed by atoms with Gasteiger partial charge in [0, 0.05) is 44.1 Å². The van der Waals surface area contributed by atoms with Crippen LogP contribution in [0.5, 0.6) is 5.75 Å². The first-order valence-corrected chi connectivity index (χ1v) is 10.2. The van der Waals surface area contributed by atoms with Gasteiger partial charge in [-0.3, -0.25) is 9.69 Å². The second kappa shape index (κ2) is 9.34. The quantitative estimate of drug-likeness (QED) is 0.545. The number of benzene rings is 1. The highest BCUT2D eigenvalue weighted by Gasteiger charge is 2.21. The van der Waals surface area contributed by atoms with Crippen molar-refractivity contribution in [2.24, 2.45) is 0 Å². The van der Waals surface area contributed by atoms with E-state index >= 15 is 0 Å². The summed E-state index contributed by atoms with van der Waals surface area (Å²) in [4.78, 5) is 25.3. The predicted octanol–water partition coefficient (Wildman–Crippen LogP) is 2.68. The summed E-state index contributed by atoms with van der Waals surface area (Å²) in [7, 11) is 1.46. The molecule has 1 amide bonds. The molecule has 8 heteroatoms. The highest BCUT2D eigenvalue weighted by Crippen LogP contribution is 2.20. The molecule has 1 saturated heterocycles. The van der Waals surface area contributed by atoms with Crippen molar-refractivity contribution >= 4 is 17.7 Å². The first-order chi connectivity index (χ1) is 13.4. The number of carbonyl (C=O) groups is 1. The molecule has 0 saturated carbocycles. The van der Waals surface area contributed by atoms with Crippen LogP contribution in [0.4, 0.5) is 4.39 Å². The minimum atomic E-state index is -0.348. The molecule has 1 aliphatic heterocycles. The van der Waals surface area contributed by atoms with Crippen molar-refractivity contribution in [3.8, 4) is 5.75 Å². The molecule has 1 aliphatic rings. The molecule has 0 atom stereocenters. The number of hydrogen-bond donors (Lipinski definition) is 0. The van der Waals surface area contributed by atoms with Gasteiger partial charge in [-0.1, -0.05) is 17.8 Å². The lowest BCUT2D eigenvalue weighted by atomic mass is 10.2. The Balaban J connectivity index is 1.46. The summed E-state index contributed by atoms with van der Waals surface area (Å²) >= 11 is 1.38. The Kier molecular flexibility index (Phi) is 6.85. The summed E-state index contributed by atoms with van der Waals surface area (Å²) in [6, 6.07) is 6.95. The zero-order valence-corrected chi connectivity index (χ0v) is 17.3. The lowest BCUT2D eigenvalue weighted by Gasteiger charge is -2.34. The fourth-order valence-corrected chi connectivity index (χ4v) is 4.05. The van der Waals surface area contributed by atoms with E-state index in [0.29, 0.717) is 30.5 Å². The molecule has 0 N–H and O–H groups in total. The Bertz CT molecular complexity index is 821. The summed E-state index contributed by atoms with van der Waals surface area (Å²) < 4.78 is 18.8. The van der Waals surface area contributed by atoms with Gasteiger partial charge in [0.05, 0.1) is 12.9 Å². The molecule has 150 valence electrons. The Morgan fingerprint density at radius 1 is 1.14 bits per heavy atom. The van der Waals surface area contributed by atoms with Crippen LogP contribution in [0.25, 0.3) is 0 Å². The van der Waals surface area contributed by atoms with Gasteiger partial charge < -0.3 is 9.64 Å². The number of methoxy groups -OCH3 is 1. The van der Waals surface area contributed by atoms with Crippen molar-refractivity contribution < 1.29 is 13.9 Å². The predicted molar refractivity (Wildman–Crippen MR) is 107 cm³/mol. The van der Waals surface area contributed by atoms with E-state index in [9.17, 15) is 9.18 Å². The smallest absolute Gasteiger partial charge is 0.233 e. The fourth-order valence-electron chi connectivity index (χ4n) is 3.20. The van der Waals surface area contributed by atoms with Crippen LogP contribution >= 0.6 is 11.8 Å². The van der Waals surface area contributed by atoms with Crippen molar-refractivity contribution in [2.45, 2.75) is 25.5 Å². The number of rotatable bonds is 6. The van der Waals surface area contributed by atoms with E-state index in [0.717, 1.165) is 30.0 Å². The number of carbonyl (C=O) groups excluding carboxylic acids is 1. The average molecular weight is 405 g/mol. The van der Waals surface area contributed by atoms with Crippen LogP contribution < -0.4 is 4.74 Å². The first kappa shape index (κ1) is 20.5. The molecule has 28 heavy (non-hydrogen) atoms. The van der Waals surface area contributed by atoms with Crippen LogP contribution in [-0.2, 0) is 11.3 Å². The van der Waals surface area contributed by atoms with Gasteiger partial charge in [-0.15, -0.1) is 0 Å². The summed E-state index contributed by atoms with van der Waals surface area (Å²) in [6.07, 6.45) is 0. The van der Waals surface area contributed by atoms with E-state index in [1.165, 1.54) is 24.9 Å². The highest BCUT2D eigenvalue weighted by atomic mass is 32.2. The summed E-state index contributed by atoms with van der Waals surface area (Å²) in [5.41, 5.74) is 2.72. The molecule has 6 nitrogen and oxygen atoms in total. The fraction of sp³-hybridized carbons (Fsp3) is 0.450. The van der Waals surface area contributed by atoms with Crippen molar-refractivity contribution in [3.63, 3.8) is 0 Å². The van der Waals surface area contributed by atoms with Crippen molar-refractivity contribution in [1.29, 1.82) is 0 Å². The average Bonchev–Trinajstić information content (AvgIpc) is 2.66. The molecule has 3 rings (SSSR count). The molecule has 1 aromatic carbocycles. The van der Waals surface area contributed by atoms with Crippen LogP contribution in [0, 0.1) is 19.7 Å². The largest absolute Gasteiger partial charge is 0.494 e. The standard InChI is InChI=1S/C20H25FN4O2S/c1-14-10-15(2)23-20(22-14)28-13-19(26)25-8-6-24(7-9-25)12-16-4-5-18(27-3)17(21)11-16/h4-5,10-11H,6-9,12-13H2,1-3H3. The molecule has 0 aliphatic carbocycles. The van der Waals surface area contributed by atoms with E-state index in [4.69, 9.17) is 4.74 Å². The number of ether oxygens (including phenoxy) is 1. The minimum Gasteiger partial charge on any atom is -0.494 e. The maximum Gasteiger partial charge on any atom is 0.233 e. The molecule has 0 unspecified atom stereocenters. The van der Waals surface area contributed by atoms with E-state index in [-0.39, 0.29) is 17.5 Å². The number of hydrogen-bond acceptors (Lipinski definition) is 6. The third-order valence-corrected chi connectivity index (χ3v) is 5.47. The van der Waals surface area contributed by atoms with Gasteiger partial charge in [-0.05, 0) is 37.6 Å². The number of nitrogens with zero attached hydrogens (tertiary/aromatic N) is 4. The number of aryl methyl sites for hydroxylation is 2. The van der Waals surface area contributed by atoms with Gasteiger partial charge in [0.25, 0.3) is 0 Å². The molecular formula is C20H25FN4O2S. The molecule has 2 heterocycles. The second-order valence-corrected chi connectivity index (χ2v) is 7.79. The highest BCUT2D eigenvalue weighted by molar-refractivity contribution is 7.99. The van der Waals surface area contributed by atoms with E-state index < -0.39 is 0 Å². The Hall–Kier alpha value is -2.19. The SMILES string of the molecule is COc1ccc(CN2CCN(C(=O)CSc3nc(C)cc(C)n3)CC2)cc1F. The number of piperazine rings is 1. The third kappa shape index (κ3) is 5.42. The third-order valence-electron chi connectivity index (χ3n) is 4.63. The summed E-state index contributed by atoms with van der Waals surface area (Å²) in [5.74, 6) is 0.346. The van der Waals surface area contributed by atoms with Crippen molar-refractivity contribution in [1.82, 2.24) is 19.8 Å². The lowest BCUT2D eigenvalue weighted by molar-refractivity contribution is -0.130. The normalized spacial score (nSPS) is 14.9. The van der Waals surface area contributed by atoms with Crippen LogP contribution in [0.15, 0.2) is 29.4 Å². The molecule has 0 bridgehead atoms. The molecule has 0 radical (unpaired) electrons. The van der Waals surface area contributed by atoms with E-state index in [1.54, 1.807) is 6.07 Å². The Morgan fingerprint density at radius 3 is 2.43 bits per heavy atom.